The summed E-state index contributed by atoms with van der Waals surface area (Å²) in [6.07, 6.45) is 0. The van der Waals surface area contributed by atoms with Crippen LogP contribution in [0.3, 0.4) is 0 Å². The summed E-state index contributed by atoms with van der Waals surface area (Å²) in [5.41, 5.74) is 1.09. The molecule has 1 aromatic carbocycles. The lowest BCUT2D eigenvalue weighted by atomic mass is 9.92. The zero-order valence-corrected chi connectivity index (χ0v) is 13.8. The number of hydrogen-bond donors (Lipinski definition) is 0. The molecule has 23 heavy (non-hydrogen) atoms. The molecule has 0 radical (unpaired) electrons. The zero-order valence-electron chi connectivity index (χ0n) is 13.8. The fourth-order valence-corrected chi connectivity index (χ4v) is 2.18. The van der Waals surface area contributed by atoms with Crippen LogP contribution in [0.15, 0.2) is 35.1 Å². The molecule has 0 N–H and O–H groups in total. The Bertz CT molecular complexity index is 750. The van der Waals surface area contributed by atoms with Crippen LogP contribution in [-0.2, 0) is 18.6 Å². The van der Waals surface area contributed by atoms with Crippen molar-refractivity contribution >= 4 is 0 Å². The topological polar surface area (TPSA) is 38.1 Å². The van der Waals surface area contributed by atoms with Gasteiger partial charge in [0.1, 0.15) is 0 Å². The van der Waals surface area contributed by atoms with E-state index in [9.17, 15) is 13.6 Å². The Morgan fingerprint density at radius 1 is 1.13 bits per heavy atom. The van der Waals surface area contributed by atoms with Crippen molar-refractivity contribution in [1.82, 2.24) is 14.7 Å². The van der Waals surface area contributed by atoms with Gasteiger partial charge in [-0.1, -0.05) is 26.8 Å². The minimum absolute atomic E-state index is 0.159. The third-order valence-electron chi connectivity index (χ3n) is 3.45. The van der Waals surface area contributed by atoms with E-state index in [0.29, 0.717) is 12.1 Å². The maximum atomic E-state index is 13.2. The van der Waals surface area contributed by atoms with E-state index in [1.54, 1.807) is 13.1 Å². The fraction of sp³-hybridized carbons (Fsp3) is 0.412. The molecule has 124 valence electrons. The molecule has 0 saturated heterocycles. The molecule has 4 nitrogen and oxygen atoms in total. The van der Waals surface area contributed by atoms with E-state index in [-0.39, 0.29) is 17.6 Å². The average molecular weight is 321 g/mol. The molecule has 0 aliphatic rings. The first-order chi connectivity index (χ1) is 10.7. The minimum atomic E-state index is -0.874. The molecule has 0 fully saturated rings. The quantitative estimate of drug-likeness (QED) is 0.869. The van der Waals surface area contributed by atoms with Crippen LogP contribution in [0.2, 0.25) is 0 Å². The van der Waals surface area contributed by atoms with Crippen LogP contribution in [0, 0.1) is 11.6 Å². The molecule has 0 aliphatic carbocycles. The molecule has 0 unspecified atom stereocenters. The van der Waals surface area contributed by atoms with Gasteiger partial charge in [0, 0.05) is 18.0 Å². The molecule has 0 aliphatic heterocycles. The van der Waals surface area contributed by atoms with E-state index in [0.717, 1.165) is 17.8 Å². The molecule has 0 spiro atoms. The molecular formula is C17H21F2N3O. The highest BCUT2D eigenvalue weighted by Gasteiger charge is 2.17. The number of nitrogens with zero attached hydrogens (tertiary/aromatic N) is 3. The number of hydrogen-bond acceptors (Lipinski definition) is 3. The Morgan fingerprint density at radius 2 is 1.83 bits per heavy atom. The first kappa shape index (κ1) is 17.3. The van der Waals surface area contributed by atoms with Crippen molar-refractivity contribution in [3.05, 3.63) is 63.6 Å². The number of aromatic nitrogens is 2. The monoisotopic (exact) mass is 321 g/mol. The molecule has 0 atom stereocenters. The molecule has 1 heterocycles. The van der Waals surface area contributed by atoms with Gasteiger partial charge in [-0.15, -0.1) is 0 Å². The van der Waals surface area contributed by atoms with Crippen molar-refractivity contribution in [2.75, 3.05) is 7.05 Å². The summed E-state index contributed by atoms with van der Waals surface area (Å²) in [7, 11) is 1.79. The molecule has 0 amide bonds. The van der Waals surface area contributed by atoms with Gasteiger partial charge in [-0.05, 0) is 30.8 Å². The highest BCUT2D eigenvalue weighted by atomic mass is 19.2. The van der Waals surface area contributed by atoms with Gasteiger partial charge in [0.05, 0.1) is 12.4 Å². The van der Waals surface area contributed by atoms with E-state index in [4.69, 9.17) is 0 Å². The lowest BCUT2D eigenvalue weighted by molar-refractivity contribution is 0.237. The standard InChI is InChI=1S/C17H21F2N3O/c1-17(2,3)15-7-8-16(23)22(20-15)11-21(4)10-12-5-6-13(18)14(19)9-12/h5-9H,10-11H2,1-4H3. The van der Waals surface area contributed by atoms with Crippen LogP contribution in [0.25, 0.3) is 0 Å². The largest absolute Gasteiger partial charge is 0.283 e. The summed E-state index contributed by atoms with van der Waals surface area (Å²) < 4.78 is 27.6. The summed E-state index contributed by atoms with van der Waals surface area (Å²) in [4.78, 5) is 13.8. The first-order valence-electron chi connectivity index (χ1n) is 7.38. The average Bonchev–Trinajstić information content (AvgIpc) is 2.44. The second kappa shape index (κ2) is 6.58. The third-order valence-corrected chi connectivity index (χ3v) is 3.45. The third kappa shape index (κ3) is 4.45. The van der Waals surface area contributed by atoms with Gasteiger partial charge in [-0.3, -0.25) is 9.69 Å². The summed E-state index contributed by atoms with van der Waals surface area (Å²) >= 11 is 0. The maximum Gasteiger partial charge on any atom is 0.267 e. The summed E-state index contributed by atoms with van der Waals surface area (Å²) in [5.74, 6) is -1.74. The van der Waals surface area contributed by atoms with Gasteiger partial charge >= 0.3 is 0 Å². The molecule has 2 rings (SSSR count). The zero-order chi connectivity index (χ0) is 17.2. The first-order valence-corrected chi connectivity index (χ1v) is 7.38. The maximum absolute atomic E-state index is 13.2. The SMILES string of the molecule is CN(Cc1ccc(F)c(F)c1)Cn1nc(C(C)(C)C)ccc1=O. The van der Waals surface area contributed by atoms with Crippen LogP contribution in [0.1, 0.15) is 32.0 Å². The van der Waals surface area contributed by atoms with Gasteiger partial charge in [0.15, 0.2) is 11.6 Å². The molecule has 0 saturated carbocycles. The van der Waals surface area contributed by atoms with Crippen molar-refractivity contribution < 1.29 is 8.78 Å². The van der Waals surface area contributed by atoms with E-state index >= 15 is 0 Å². The second-order valence-corrected chi connectivity index (χ2v) is 6.71. The van der Waals surface area contributed by atoms with E-state index < -0.39 is 11.6 Å². The van der Waals surface area contributed by atoms with E-state index in [1.165, 1.54) is 16.8 Å². The van der Waals surface area contributed by atoms with E-state index in [1.807, 2.05) is 25.7 Å². The number of halogens is 2. The number of benzene rings is 1. The predicted octanol–water partition coefficient (Wildman–Crippen LogP) is 2.91. The Balaban J connectivity index is 2.15. The predicted molar refractivity (Wildman–Crippen MR) is 85.0 cm³/mol. The summed E-state index contributed by atoms with van der Waals surface area (Å²) in [6, 6.07) is 7.01. The van der Waals surface area contributed by atoms with Crippen molar-refractivity contribution in [3.8, 4) is 0 Å². The molecular weight excluding hydrogens is 300 g/mol. The van der Waals surface area contributed by atoms with Crippen molar-refractivity contribution in [3.63, 3.8) is 0 Å². The number of rotatable bonds is 4. The molecule has 6 heteroatoms. The van der Waals surface area contributed by atoms with Crippen LogP contribution in [0.4, 0.5) is 8.78 Å². The van der Waals surface area contributed by atoms with Crippen LogP contribution in [0.5, 0.6) is 0 Å². The highest BCUT2D eigenvalue weighted by Crippen LogP contribution is 2.18. The Kier molecular flexibility index (Phi) is 4.94. The lowest BCUT2D eigenvalue weighted by Crippen LogP contribution is -2.33. The van der Waals surface area contributed by atoms with Gasteiger partial charge in [0.25, 0.3) is 5.56 Å². The minimum Gasteiger partial charge on any atom is -0.283 e. The van der Waals surface area contributed by atoms with Crippen LogP contribution < -0.4 is 5.56 Å². The van der Waals surface area contributed by atoms with Gasteiger partial charge < -0.3 is 0 Å². The van der Waals surface area contributed by atoms with Crippen LogP contribution in [-0.4, -0.2) is 21.7 Å². The Labute approximate surface area is 134 Å². The van der Waals surface area contributed by atoms with Gasteiger partial charge in [-0.25, -0.2) is 13.5 Å². The Morgan fingerprint density at radius 3 is 2.43 bits per heavy atom. The molecule has 0 bridgehead atoms. The summed E-state index contributed by atoms with van der Waals surface area (Å²) in [6.45, 7) is 6.71. The summed E-state index contributed by atoms with van der Waals surface area (Å²) in [5, 5.41) is 4.39. The van der Waals surface area contributed by atoms with Gasteiger partial charge in [0.2, 0.25) is 0 Å². The fourth-order valence-electron chi connectivity index (χ4n) is 2.18. The van der Waals surface area contributed by atoms with Crippen LogP contribution >= 0.6 is 0 Å². The Hall–Kier alpha value is -2.08. The molecule has 2 aromatic rings. The van der Waals surface area contributed by atoms with Crippen molar-refractivity contribution in [2.24, 2.45) is 0 Å². The van der Waals surface area contributed by atoms with Gasteiger partial charge in [-0.2, -0.15) is 5.10 Å². The molecule has 1 aromatic heterocycles. The second-order valence-electron chi connectivity index (χ2n) is 6.71. The highest BCUT2D eigenvalue weighted by molar-refractivity contribution is 5.17. The smallest absolute Gasteiger partial charge is 0.267 e. The van der Waals surface area contributed by atoms with E-state index in [2.05, 4.69) is 5.10 Å². The normalized spacial score (nSPS) is 12.0. The van der Waals surface area contributed by atoms with Crippen molar-refractivity contribution in [2.45, 2.75) is 39.4 Å². The lowest BCUT2D eigenvalue weighted by Gasteiger charge is -2.21. The van der Waals surface area contributed by atoms with Crippen molar-refractivity contribution in [1.29, 1.82) is 0 Å².